The zero-order chi connectivity index (χ0) is 13.0. The fraction of sp³-hybridized carbons (Fsp3) is 0.615. The maximum absolute atomic E-state index is 5.94. The summed E-state index contributed by atoms with van der Waals surface area (Å²) in [5.74, 6) is 1.91. The van der Waals surface area contributed by atoms with Gasteiger partial charge in [0.15, 0.2) is 5.96 Å². The van der Waals surface area contributed by atoms with Gasteiger partial charge in [-0.2, -0.15) is 0 Å². The predicted molar refractivity (Wildman–Crippen MR) is 79.5 cm³/mol. The number of thiophene rings is 1. The molecule has 1 aromatic heterocycles. The van der Waals surface area contributed by atoms with Gasteiger partial charge in [0.2, 0.25) is 0 Å². The standard InChI is InChI=1S/C13H20ClN3S/c1-15-13(16-8-7-10-3-4-10)17(2)9-11-5-6-12(14)18-11/h5-6,10H,3-4,7-9H2,1-2H3,(H,15,16). The summed E-state index contributed by atoms with van der Waals surface area (Å²) < 4.78 is 0.843. The number of nitrogens with one attached hydrogen (secondary N) is 1. The summed E-state index contributed by atoms with van der Waals surface area (Å²) >= 11 is 7.56. The third-order valence-electron chi connectivity index (χ3n) is 3.13. The summed E-state index contributed by atoms with van der Waals surface area (Å²) in [6.07, 6.45) is 4.07. The average Bonchev–Trinajstić information content (AvgIpc) is 3.08. The van der Waals surface area contributed by atoms with Crippen molar-refractivity contribution in [3.8, 4) is 0 Å². The van der Waals surface area contributed by atoms with Crippen LogP contribution in [0.15, 0.2) is 17.1 Å². The van der Waals surface area contributed by atoms with Gasteiger partial charge < -0.3 is 10.2 Å². The Kier molecular flexibility index (Phi) is 4.89. The van der Waals surface area contributed by atoms with Gasteiger partial charge in [0.25, 0.3) is 0 Å². The molecule has 0 bridgehead atoms. The van der Waals surface area contributed by atoms with E-state index in [2.05, 4.69) is 28.3 Å². The van der Waals surface area contributed by atoms with E-state index in [-0.39, 0.29) is 0 Å². The summed E-state index contributed by atoms with van der Waals surface area (Å²) in [6, 6.07) is 4.01. The molecule has 0 aromatic carbocycles. The molecule has 1 N–H and O–H groups in total. The lowest BCUT2D eigenvalue weighted by atomic mass is 10.3. The molecule has 2 rings (SSSR count). The first kappa shape index (κ1) is 13.7. The number of rotatable bonds is 5. The van der Waals surface area contributed by atoms with Crippen LogP contribution < -0.4 is 5.32 Å². The number of aliphatic imine (C=N–C) groups is 1. The van der Waals surface area contributed by atoms with E-state index >= 15 is 0 Å². The van der Waals surface area contributed by atoms with Crippen molar-refractivity contribution in [3.05, 3.63) is 21.3 Å². The van der Waals surface area contributed by atoms with E-state index in [1.54, 1.807) is 11.3 Å². The molecule has 1 saturated carbocycles. The predicted octanol–water partition coefficient (Wildman–Crippen LogP) is 3.21. The number of guanidine groups is 1. The molecule has 0 amide bonds. The van der Waals surface area contributed by atoms with Crippen molar-refractivity contribution in [2.75, 3.05) is 20.6 Å². The lowest BCUT2D eigenvalue weighted by Gasteiger charge is -2.21. The zero-order valence-electron chi connectivity index (χ0n) is 10.9. The highest BCUT2D eigenvalue weighted by molar-refractivity contribution is 7.16. The first-order chi connectivity index (χ1) is 8.69. The van der Waals surface area contributed by atoms with Gasteiger partial charge in [-0.1, -0.05) is 24.4 Å². The van der Waals surface area contributed by atoms with E-state index in [0.29, 0.717) is 0 Å². The maximum Gasteiger partial charge on any atom is 0.193 e. The number of hydrogen-bond acceptors (Lipinski definition) is 2. The minimum Gasteiger partial charge on any atom is -0.356 e. The molecule has 1 heterocycles. The summed E-state index contributed by atoms with van der Waals surface area (Å²) in [5.41, 5.74) is 0. The first-order valence-electron chi connectivity index (χ1n) is 6.35. The second kappa shape index (κ2) is 6.43. The molecular formula is C13H20ClN3S. The summed E-state index contributed by atoms with van der Waals surface area (Å²) in [6.45, 7) is 1.87. The van der Waals surface area contributed by atoms with Crippen molar-refractivity contribution < 1.29 is 0 Å². The second-order valence-corrected chi connectivity index (χ2v) is 6.57. The quantitative estimate of drug-likeness (QED) is 0.664. The highest BCUT2D eigenvalue weighted by atomic mass is 35.5. The molecular weight excluding hydrogens is 266 g/mol. The van der Waals surface area contributed by atoms with Crippen LogP contribution in [0, 0.1) is 5.92 Å². The molecule has 100 valence electrons. The van der Waals surface area contributed by atoms with Gasteiger partial charge in [-0.25, -0.2) is 0 Å². The van der Waals surface area contributed by atoms with Crippen molar-refractivity contribution >= 4 is 28.9 Å². The molecule has 3 nitrogen and oxygen atoms in total. The van der Waals surface area contributed by atoms with E-state index in [9.17, 15) is 0 Å². The molecule has 0 aliphatic heterocycles. The average molecular weight is 286 g/mol. The summed E-state index contributed by atoms with van der Waals surface area (Å²) in [7, 11) is 3.89. The topological polar surface area (TPSA) is 27.6 Å². The fourth-order valence-corrected chi connectivity index (χ4v) is 3.07. The van der Waals surface area contributed by atoms with Crippen LogP contribution in [0.2, 0.25) is 4.34 Å². The van der Waals surface area contributed by atoms with Crippen LogP contribution in [0.5, 0.6) is 0 Å². The second-order valence-electron chi connectivity index (χ2n) is 4.77. The zero-order valence-corrected chi connectivity index (χ0v) is 12.5. The minimum absolute atomic E-state index is 0.843. The lowest BCUT2D eigenvalue weighted by molar-refractivity contribution is 0.478. The third kappa shape index (κ3) is 4.18. The van der Waals surface area contributed by atoms with E-state index in [0.717, 1.165) is 29.3 Å². The third-order valence-corrected chi connectivity index (χ3v) is 4.34. The Morgan fingerprint density at radius 3 is 2.89 bits per heavy atom. The Balaban J connectivity index is 1.78. The van der Waals surface area contributed by atoms with Gasteiger partial charge >= 0.3 is 0 Å². The maximum atomic E-state index is 5.94. The summed E-state index contributed by atoms with van der Waals surface area (Å²) in [4.78, 5) is 7.70. The largest absolute Gasteiger partial charge is 0.356 e. The van der Waals surface area contributed by atoms with Crippen LogP contribution in [0.4, 0.5) is 0 Å². The van der Waals surface area contributed by atoms with Gasteiger partial charge in [0, 0.05) is 25.5 Å². The van der Waals surface area contributed by atoms with Crippen molar-refractivity contribution in [2.45, 2.75) is 25.8 Å². The van der Waals surface area contributed by atoms with Crippen molar-refractivity contribution in [3.63, 3.8) is 0 Å². The molecule has 1 aliphatic carbocycles. The van der Waals surface area contributed by atoms with Gasteiger partial charge in [-0.3, -0.25) is 4.99 Å². The first-order valence-corrected chi connectivity index (χ1v) is 7.54. The Morgan fingerprint density at radius 1 is 1.56 bits per heavy atom. The normalized spacial score (nSPS) is 15.8. The molecule has 0 radical (unpaired) electrons. The number of halogens is 1. The van der Waals surface area contributed by atoms with Crippen LogP contribution in [-0.4, -0.2) is 31.5 Å². The highest BCUT2D eigenvalue weighted by Crippen LogP contribution is 2.31. The van der Waals surface area contributed by atoms with Crippen molar-refractivity contribution in [2.24, 2.45) is 10.9 Å². The van der Waals surface area contributed by atoms with Crippen molar-refractivity contribution in [1.82, 2.24) is 10.2 Å². The van der Waals surface area contributed by atoms with E-state index in [4.69, 9.17) is 11.6 Å². The van der Waals surface area contributed by atoms with E-state index < -0.39 is 0 Å². The molecule has 1 aliphatic rings. The number of nitrogens with zero attached hydrogens (tertiary/aromatic N) is 2. The Bertz CT molecular complexity index is 412. The van der Waals surface area contributed by atoms with Gasteiger partial charge in [-0.05, 0) is 24.5 Å². The molecule has 1 aromatic rings. The van der Waals surface area contributed by atoms with Crippen molar-refractivity contribution in [1.29, 1.82) is 0 Å². The van der Waals surface area contributed by atoms with Crippen LogP contribution in [-0.2, 0) is 6.54 Å². The monoisotopic (exact) mass is 285 g/mol. The Morgan fingerprint density at radius 2 is 2.33 bits per heavy atom. The lowest BCUT2D eigenvalue weighted by Crippen LogP contribution is -2.38. The highest BCUT2D eigenvalue weighted by Gasteiger charge is 2.20. The SMILES string of the molecule is CN=C(NCCC1CC1)N(C)Cc1ccc(Cl)s1. The van der Waals surface area contributed by atoms with Crippen LogP contribution in [0.1, 0.15) is 24.1 Å². The molecule has 0 unspecified atom stereocenters. The molecule has 1 fully saturated rings. The number of hydrogen-bond donors (Lipinski definition) is 1. The molecule has 0 spiro atoms. The smallest absolute Gasteiger partial charge is 0.193 e. The fourth-order valence-electron chi connectivity index (χ4n) is 1.92. The molecule has 0 atom stereocenters. The molecule has 18 heavy (non-hydrogen) atoms. The van der Waals surface area contributed by atoms with Crippen LogP contribution in [0.25, 0.3) is 0 Å². The Labute approximate surface area is 118 Å². The molecule has 5 heteroatoms. The molecule has 0 saturated heterocycles. The summed E-state index contributed by atoms with van der Waals surface area (Å²) in [5, 5.41) is 3.42. The Hall–Kier alpha value is -0.740. The van der Waals surface area contributed by atoms with Gasteiger partial charge in [-0.15, -0.1) is 11.3 Å². The van der Waals surface area contributed by atoms with E-state index in [1.165, 1.54) is 24.1 Å². The van der Waals surface area contributed by atoms with Crippen LogP contribution >= 0.6 is 22.9 Å². The van der Waals surface area contributed by atoms with Gasteiger partial charge in [0.1, 0.15) is 0 Å². The minimum atomic E-state index is 0.843. The van der Waals surface area contributed by atoms with Crippen LogP contribution in [0.3, 0.4) is 0 Å². The van der Waals surface area contributed by atoms with Gasteiger partial charge in [0.05, 0.1) is 10.9 Å². The van der Waals surface area contributed by atoms with E-state index in [1.807, 2.05) is 13.1 Å².